The molecule has 0 fully saturated rings. The Bertz CT molecular complexity index is 3340. The second kappa shape index (κ2) is 13.5. The molecule has 270 valence electrons. The summed E-state index contributed by atoms with van der Waals surface area (Å²) in [6, 6.07) is 63.6. The number of amidine groups is 2. The van der Waals surface area contributed by atoms with Crippen LogP contribution in [0.2, 0.25) is 0 Å². The Hall–Kier alpha value is -7.28. The Labute approximate surface area is 332 Å². The first-order valence-electron chi connectivity index (χ1n) is 19.1. The van der Waals surface area contributed by atoms with Crippen LogP contribution in [0.5, 0.6) is 0 Å². The maximum absolute atomic E-state index is 6.80. The average Bonchev–Trinajstić information content (AvgIpc) is 3.94. The van der Waals surface area contributed by atoms with Gasteiger partial charge in [-0.25, -0.2) is 4.99 Å². The molecule has 5 nitrogen and oxygen atoms in total. The molecule has 2 N–H and O–H groups in total. The van der Waals surface area contributed by atoms with Crippen molar-refractivity contribution in [2.45, 2.75) is 6.54 Å². The van der Waals surface area contributed by atoms with Crippen LogP contribution in [0.3, 0.4) is 0 Å². The van der Waals surface area contributed by atoms with E-state index in [9.17, 15) is 0 Å². The molecule has 3 aromatic heterocycles. The van der Waals surface area contributed by atoms with Crippen LogP contribution in [-0.4, -0.2) is 16.2 Å². The van der Waals surface area contributed by atoms with E-state index >= 15 is 0 Å². The number of rotatable bonds is 6. The summed E-state index contributed by atoms with van der Waals surface area (Å²) in [6.07, 6.45) is 0. The Morgan fingerprint density at radius 2 is 1.23 bits per heavy atom. The minimum Gasteiger partial charge on any atom is -0.456 e. The summed E-state index contributed by atoms with van der Waals surface area (Å²) < 4.78 is 11.4. The number of nitrogens with zero attached hydrogens (tertiary/aromatic N) is 3. The largest absolute Gasteiger partial charge is 0.456 e. The van der Waals surface area contributed by atoms with Crippen LogP contribution in [0.1, 0.15) is 16.7 Å². The van der Waals surface area contributed by atoms with Crippen LogP contribution in [0.15, 0.2) is 196 Å². The predicted octanol–water partition coefficient (Wildman–Crippen LogP) is 13.1. The normalized spacial score (nSPS) is 12.6. The first kappa shape index (κ1) is 33.1. The Kier molecular flexibility index (Phi) is 7.83. The van der Waals surface area contributed by atoms with Gasteiger partial charge in [0.05, 0.1) is 17.6 Å². The van der Waals surface area contributed by atoms with Crippen molar-refractivity contribution in [3.8, 4) is 16.8 Å². The molecule has 0 unspecified atom stereocenters. The molecule has 0 aliphatic carbocycles. The highest BCUT2D eigenvalue weighted by Crippen LogP contribution is 2.42. The molecule has 6 heteroatoms. The van der Waals surface area contributed by atoms with Crippen LogP contribution in [0.25, 0.3) is 80.7 Å². The number of furan rings is 1. The van der Waals surface area contributed by atoms with Gasteiger partial charge >= 0.3 is 0 Å². The molecule has 0 atom stereocenters. The summed E-state index contributed by atoms with van der Waals surface area (Å²) in [4.78, 5) is 9.82. The summed E-state index contributed by atoms with van der Waals surface area (Å²) in [5, 5.41) is 7.04. The highest BCUT2D eigenvalue weighted by atomic mass is 32.1. The van der Waals surface area contributed by atoms with E-state index in [-0.39, 0.29) is 0 Å². The van der Waals surface area contributed by atoms with Crippen molar-refractivity contribution in [2.24, 2.45) is 15.7 Å². The summed E-state index contributed by atoms with van der Waals surface area (Å²) in [5.74, 6) is 0.983. The summed E-state index contributed by atoms with van der Waals surface area (Å²) in [6.45, 7) is 0.502. The van der Waals surface area contributed by atoms with Gasteiger partial charge in [-0.15, -0.1) is 11.3 Å². The lowest BCUT2D eigenvalue weighted by atomic mass is 9.97. The lowest BCUT2D eigenvalue weighted by molar-refractivity contribution is 0.669. The second-order valence-corrected chi connectivity index (χ2v) is 15.4. The first-order valence-corrected chi connectivity index (χ1v) is 19.9. The molecular formula is C51H34N4OS. The highest BCUT2D eigenvalue weighted by Gasteiger charge is 2.17. The number of para-hydroxylation sites is 2. The monoisotopic (exact) mass is 750 g/mol. The van der Waals surface area contributed by atoms with E-state index in [1.54, 1.807) is 0 Å². The lowest BCUT2D eigenvalue weighted by Crippen LogP contribution is -2.16. The van der Waals surface area contributed by atoms with Crippen molar-refractivity contribution in [1.29, 1.82) is 0 Å². The maximum Gasteiger partial charge on any atom is 0.157 e. The van der Waals surface area contributed by atoms with Gasteiger partial charge in [-0.05, 0) is 83.4 Å². The third kappa shape index (κ3) is 5.69. The molecule has 0 saturated heterocycles. The molecule has 8 aromatic carbocycles. The van der Waals surface area contributed by atoms with E-state index in [4.69, 9.17) is 20.1 Å². The molecule has 0 radical (unpaired) electrons. The van der Waals surface area contributed by atoms with E-state index in [0.717, 1.165) is 55.4 Å². The molecule has 0 spiro atoms. The zero-order chi connectivity index (χ0) is 37.9. The minimum atomic E-state index is 0.393. The van der Waals surface area contributed by atoms with Gasteiger partial charge in [-0.2, -0.15) is 0 Å². The molecule has 0 amide bonds. The molecule has 0 bridgehead atoms. The fraction of sp³-hybridized carbons (Fsp3) is 0.0196. The molecule has 3 heterocycles. The van der Waals surface area contributed by atoms with Crippen LogP contribution >= 0.6 is 11.3 Å². The lowest BCUT2D eigenvalue weighted by Gasteiger charge is -2.09. The van der Waals surface area contributed by atoms with Gasteiger partial charge in [0, 0.05) is 58.5 Å². The summed E-state index contributed by atoms with van der Waals surface area (Å²) >= 11 is 1.83. The molecule has 0 aliphatic heterocycles. The number of hydrogen-bond donors (Lipinski definition) is 1. The highest BCUT2D eigenvalue weighted by molar-refractivity contribution is 7.25. The fourth-order valence-corrected chi connectivity index (χ4v) is 9.27. The number of aromatic nitrogens is 1. The Morgan fingerprint density at radius 1 is 0.544 bits per heavy atom. The Balaban J connectivity index is 1.02. The van der Waals surface area contributed by atoms with Gasteiger partial charge < -0.3 is 14.7 Å². The van der Waals surface area contributed by atoms with Gasteiger partial charge in [0.25, 0.3) is 0 Å². The van der Waals surface area contributed by atoms with E-state index in [1.165, 1.54) is 42.0 Å². The topological polar surface area (TPSA) is 68.8 Å². The molecular weight excluding hydrogens is 717 g/mol. The van der Waals surface area contributed by atoms with E-state index in [0.29, 0.717) is 18.2 Å². The standard InChI is InChI=1S/C51H34N4OS/c52-50(54-51(33-14-5-2-6-15-33)53-31-32-12-3-1-4-13-32)35-22-25-45-42(29-35)49-37(18-11-21-46(49)56-45)34-23-26-47-40(28-34)41-30-36(24-27-48(41)57-47)55-43-19-9-7-16-38(43)39-17-8-10-20-44(39)55/h1-30H,31H2,(H2,52,53,54). The number of benzene rings is 8. The molecule has 0 saturated carbocycles. The van der Waals surface area contributed by atoms with Crippen molar-refractivity contribution in [2.75, 3.05) is 0 Å². The van der Waals surface area contributed by atoms with Gasteiger partial charge in [-0.1, -0.05) is 115 Å². The Morgan fingerprint density at radius 3 is 2.00 bits per heavy atom. The minimum absolute atomic E-state index is 0.393. The zero-order valence-corrected chi connectivity index (χ0v) is 31.6. The van der Waals surface area contributed by atoms with E-state index < -0.39 is 0 Å². The van der Waals surface area contributed by atoms with Crippen LogP contribution < -0.4 is 5.73 Å². The van der Waals surface area contributed by atoms with Crippen molar-refractivity contribution in [1.82, 2.24) is 4.57 Å². The van der Waals surface area contributed by atoms with E-state index in [2.05, 4.69) is 120 Å². The third-order valence-electron chi connectivity index (χ3n) is 10.9. The number of hydrogen-bond acceptors (Lipinski definition) is 3. The number of aliphatic imine (C=N–C) groups is 2. The first-order chi connectivity index (χ1) is 28.2. The van der Waals surface area contributed by atoms with Gasteiger partial charge in [-0.3, -0.25) is 4.99 Å². The average molecular weight is 751 g/mol. The summed E-state index contributed by atoms with van der Waals surface area (Å²) in [5.41, 5.74) is 17.1. The number of fused-ring (bicyclic) bond motifs is 9. The van der Waals surface area contributed by atoms with Gasteiger partial charge in [0.2, 0.25) is 0 Å². The maximum atomic E-state index is 6.80. The molecule has 57 heavy (non-hydrogen) atoms. The third-order valence-corrected chi connectivity index (χ3v) is 12.1. The van der Waals surface area contributed by atoms with Crippen LogP contribution in [0, 0.1) is 0 Å². The quantitative estimate of drug-likeness (QED) is 0.136. The number of thiophene rings is 1. The predicted molar refractivity (Wildman–Crippen MR) is 240 cm³/mol. The van der Waals surface area contributed by atoms with Gasteiger partial charge in [0.1, 0.15) is 17.0 Å². The van der Waals surface area contributed by atoms with Crippen molar-refractivity contribution < 1.29 is 4.42 Å². The van der Waals surface area contributed by atoms with Crippen LogP contribution in [0.4, 0.5) is 0 Å². The fourth-order valence-electron chi connectivity index (χ4n) is 8.21. The van der Waals surface area contributed by atoms with Crippen molar-refractivity contribution in [3.05, 3.63) is 199 Å². The zero-order valence-electron chi connectivity index (χ0n) is 30.8. The van der Waals surface area contributed by atoms with Crippen LogP contribution in [-0.2, 0) is 6.54 Å². The molecule has 0 aliphatic rings. The smallest absolute Gasteiger partial charge is 0.157 e. The number of nitrogens with two attached hydrogens (primary N) is 1. The second-order valence-electron chi connectivity index (χ2n) is 14.3. The molecule has 11 aromatic rings. The molecule has 11 rings (SSSR count). The summed E-state index contributed by atoms with van der Waals surface area (Å²) in [7, 11) is 0. The van der Waals surface area contributed by atoms with Crippen molar-refractivity contribution in [3.63, 3.8) is 0 Å². The van der Waals surface area contributed by atoms with Gasteiger partial charge in [0.15, 0.2) is 5.84 Å². The van der Waals surface area contributed by atoms with Crippen molar-refractivity contribution >= 4 is 86.9 Å². The SMILES string of the molecule is NC(=NC(=NCc1ccccc1)c1ccccc1)c1ccc2oc3cccc(-c4ccc5sc6ccc(-n7c8ccccc8c8ccccc87)cc6c5c4)c3c2c1. The van der Waals surface area contributed by atoms with E-state index in [1.807, 2.05) is 78.1 Å².